The lowest BCUT2D eigenvalue weighted by atomic mass is 10.0. The largest absolute Gasteiger partial charge is 0.399 e. The van der Waals surface area contributed by atoms with Crippen molar-refractivity contribution < 1.29 is 4.79 Å². The summed E-state index contributed by atoms with van der Waals surface area (Å²) in [4.78, 5) is 14.9. The van der Waals surface area contributed by atoms with Gasteiger partial charge in [0.05, 0.1) is 6.04 Å². The van der Waals surface area contributed by atoms with Gasteiger partial charge in [-0.3, -0.25) is 4.79 Å². The summed E-state index contributed by atoms with van der Waals surface area (Å²) >= 11 is 1.92. The summed E-state index contributed by atoms with van der Waals surface area (Å²) in [6, 6.07) is 17.6. The molecule has 2 N–H and O–H groups in total. The number of hydrogen-bond acceptors (Lipinski definition) is 3. The van der Waals surface area contributed by atoms with Gasteiger partial charge in [0.2, 0.25) is 0 Å². The summed E-state index contributed by atoms with van der Waals surface area (Å²) in [6.45, 7) is 2.96. The van der Waals surface area contributed by atoms with Crippen LogP contribution in [0.25, 0.3) is 0 Å². The molecule has 0 aromatic heterocycles. The third-order valence-electron chi connectivity index (χ3n) is 4.03. The van der Waals surface area contributed by atoms with Crippen molar-refractivity contribution in [2.24, 2.45) is 0 Å². The van der Waals surface area contributed by atoms with Crippen LogP contribution in [0.4, 0.5) is 5.69 Å². The number of anilines is 1. The van der Waals surface area contributed by atoms with Crippen molar-refractivity contribution >= 4 is 23.4 Å². The average molecular weight is 312 g/mol. The van der Waals surface area contributed by atoms with Crippen LogP contribution in [0.3, 0.4) is 0 Å². The van der Waals surface area contributed by atoms with Crippen molar-refractivity contribution in [2.45, 2.75) is 18.2 Å². The first-order chi connectivity index (χ1) is 10.7. The van der Waals surface area contributed by atoms with Crippen molar-refractivity contribution in [3.63, 3.8) is 0 Å². The molecule has 0 spiro atoms. The van der Waals surface area contributed by atoms with Gasteiger partial charge >= 0.3 is 0 Å². The van der Waals surface area contributed by atoms with E-state index in [2.05, 4.69) is 19.1 Å². The molecular formula is C18H20N2OS. The highest BCUT2D eigenvalue weighted by atomic mass is 32.2. The number of nitrogens with two attached hydrogens (primary N) is 1. The summed E-state index contributed by atoms with van der Waals surface area (Å²) < 4.78 is 0. The molecule has 1 heterocycles. The number of amides is 1. The molecule has 0 saturated carbocycles. The fourth-order valence-electron chi connectivity index (χ4n) is 2.99. The quantitative estimate of drug-likeness (QED) is 0.862. The van der Waals surface area contributed by atoms with Gasteiger partial charge in [0.15, 0.2) is 0 Å². The molecule has 3 rings (SSSR count). The van der Waals surface area contributed by atoms with E-state index in [9.17, 15) is 4.79 Å². The molecule has 1 aliphatic heterocycles. The SMILES string of the molecule is CC1SCCN(C(=O)c2cccc(N)c2)C1c1ccccc1. The fourth-order valence-corrected chi connectivity index (χ4v) is 4.15. The van der Waals surface area contributed by atoms with E-state index in [1.165, 1.54) is 5.56 Å². The number of rotatable bonds is 2. The van der Waals surface area contributed by atoms with Crippen LogP contribution in [0.1, 0.15) is 28.9 Å². The highest BCUT2D eigenvalue weighted by Crippen LogP contribution is 2.36. The zero-order valence-electron chi connectivity index (χ0n) is 12.6. The van der Waals surface area contributed by atoms with Crippen LogP contribution in [-0.2, 0) is 0 Å². The summed E-state index contributed by atoms with van der Waals surface area (Å²) in [5.41, 5.74) is 8.31. The zero-order valence-corrected chi connectivity index (χ0v) is 13.4. The lowest BCUT2D eigenvalue weighted by Gasteiger charge is -2.40. The standard InChI is InChI=1S/C18H20N2OS/c1-13-17(14-6-3-2-4-7-14)20(10-11-22-13)18(21)15-8-5-9-16(19)12-15/h2-9,12-13,17H,10-11,19H2,1H3. The number of nitrogen functional groups attached to an aromatic ring is 1. The van der Waals surface area contributed by atoms with Crippen LogP contribution in [0.5, 0.6) is 0 Å². The maximum atomic E-state index is 12.9. The zero-order chi connectivity index (χ0) is 15.5. The summed E-state index contributed by atoms with van der Waals surface area (Å²) in [5.74, 6) is 1.03. The van der Waals surface area contributed by atoms with E-state index in [0.29, 0.717) is 16.5 Å². The minimum Gasteiger partial charge on any atom is -0.399 e. The van der Waals surface area contributed by atoms with Crippen LogP contribution in [0, 0.1) is 0 Å². The maximum absolute atomic E-state index is 12.9. The van der Waals surface area contributed by atoms with E-state index in [1.807, 2.05) is 47.0 Å². The fraction of sp³-hybridized carbons (Fsp3) is 0.278. The van der Waals surface area contributed by atoms with Crippen LogP contribution < -0.4 is 5.73 Å². The predicted molar refractivity (Wildman–Crippen MR) is 93.0 cm³/mol. The topological polar surface area (TPSA) is 46.3 Å². The first-order valence-electron chi connectivity index (χ1n) is 7.50. The molecule has 1 amide bonds. The number of hydrogen-bond donors (Lipinski definition) is 1. The molecule has 2 aromatic rings. The average Bonchev–Trinajstić information content (AvgIpc) is 2.55. The highest BCUT2D eigenvalue weighted by Gasteiger charge is 2.33. The van der Waals surface area contributed by atoms with Gasteiger partial charge in [-0.15, -0.1) is 0 Å². The molecule has 2 unspecified atom stereocenters. The Labute approximate surface area is 135 Å². The van der Waals surface area contributed by atoms with E-state index < -0.39 is 0 Å². The van der Waals surface area contributed by atoms with Gasteiger partial charge in [0.1, 0.15) is 0 Å². The van der Waals surface area contributed by atoms with Crippen LogP contribution in [-0.4, -0.2) is 28.4 Å². The normalized spacial score (nSPS) is 21.6. The second kappa shape index (κ2) is 6.44. The Morgan fingerprint density at radius 3 is 2.68 bits per heavy atom. The monoisotopic (exact) mass is 312 g/mol. The molecule has 0 radical (unpaired) electrons. The summed E-state index contributed by atoms with van der Waals surface area (Å²) in [7, 11) is 0. The van der Waals surface area contributed by atoms with E-state index in [1.54, 1.807) is 12.1 Å². The van der Waals surface area contributed by atoms with Gasteiger partial charge in [-0.05, 0) is 23.8 Å². The second-order valence-corrected chi connectivity index (χ2v) is 7.04. The summed E-state index contributed by atoms with van der Waals surface area (Å²) in [5, 5.41) is 0.376. The lowest BCUT2D eigenvalue weighted by molar-refractivity contribution is 0.0681. The van der Waals surface area contributed by atoms with Crippen LogP contribution >= 0.6 is 11.8 Å². The van der Waals surface area contributed by atoms with Crippen molar-refractivity contribution in [3.8, 4) is 0 Å². The van der Waals surface area contributed by atoms with Crippen molar-refractivity contribution in [1.29, 1.82) is 0 Å². The minimum absolute atomic E-state index is 0.0632. The second-order valence-electron chi connectivity index (χ2n) is 5.56. The number of carbonyl (C=O) groups excluding carboxylic acids is 1. The molecule has 1 saturated heterocycles. The molecule has 114 valence electrons. The van der Waals surface area contributed by atoms with E-state index in [0.717, 1.165) is 12.3 Å². The Kier molecular flexibility index (Phi) is 4.39. The predicted octanol–water partition coefficient (Wildman–Crippen LogP) is 3.59. The Morgan fingerprint density at radius 2 is 1.95 bits per heavy atom. The molecule has 1 aliphatic rings. The molecule has 0 aliphatic carbocycles. The Balaban J connectivity index is 1.94. The first kappa shape index (κ1) is 15.0. The van der Waals surface area contributed by atoms with E-state index in [-0.39, 0.29) is 11.9 Å². The van der Waals surface area contributed by atoms with E-state index in [4.69, 9.17) is 5.73 Å². The number of benzene rings is 2. The lowest BCUT2D eigenvalue weighted by Crippen LogP contribution is -2.44. The molecule has 4 heteroatoms. The number of carbonyl (C=O) groups is 1. The maximum Gasteiger partial charge on any atom is 0.254 e. The van der Waals surface area contributed by atoms with E-state index >= 15 is 0 Å². The molecule has 0 bridgehead atoms. The van der Waals surface area contributed by atoms with Gasteiger partial charge < -0.3 is 10.6 Å². The molecule has 22 heavy (non-hydrogen) atoms. The molecule has 2 aromatic carbocycles. The third kappa shape index (κ3) is 2.97. The van der Waals surface area contributed by atoms with Gasteiger partial charge in [-0.2, -0.15) is 11.8 Å². The van der Waals surface area contributed by atoms with Gasteiger partial charge in [-0.1, -0.05) is 43.3 Å². The van der Waals surface area contributed by atoms with Gasteiger partial charge in [-0.25, -0.2) is 0 Å². The van der Waals surface area contributed by atoms with Crippen LogP contribution in [0.15, 0.2) is 54.6 Å². The Hall–Kier alpha value is -1.94. The Morgan fingerprint density at radius 1 is 1.18 bits per heavy atom. The van der Waals surface area contributed by atoms with Gasteiger partial charge in [0, 0.05) is 28.8 Å². The van der Waals surface area contributed by atoms with Crippen molar-refractivity contribution in [3.05, 3.63) is 65.7 Å². The summed E-state index contributed by atoms with van der Waals surface area (Å²) in [6.07, 6.45) is 0. The first-order valence-corrected chi connectivity index (χ1v) is 8.55. The smallest absolute Gasteiger partial charge is 0.254 e. The van der Waals surface area contributed by atoms with Crippen LogP contribution in [0.2, 0.25) is 0 Å². The van der Waals surface area contributed by atoms with Crippen molar-refractivity contribution in [2.75, 3.05) is 18.0 Å². The minimum atomic E-state index is 0.0632. The highest BCUT2D eigenvalue weighted by molar-refractivity contribution is 8.00. The number of nitrogens with zero attached hydrogens (tertiary/aromatic N) is 1. The van der Waals surface area contributed by atoms with Gasteiger partial charge in [0.25, 0.3) is 5.91 Å². The third-order valence-corrected chi connectivity index (χ3v) is 5.23. The Bertz CT molecular complexity index is 659. The molecule has 1 fully saturated rings. The molecular weight excluding hydrogens is 292 g/mol. The number of thioether (sulfide) groups is 1. The molecule has 3 nitrogen and oxygen atoms in total. The van der Waals surface area contributed by atoms with Crippen molar-refractivity contribution in [1.82, 2.24) is 4.90 Å². The molecule has 2 atom stereocenters.